The Morgan fingerprint density at radius 2 is 2.07 bits per heavy atom. The van der Waals surface area contributed by atoms with Gasteiger partial charge in [0.2, 0.25) is 0 Å². The monoisotopic (exact) mass is 185 g/mol. The van der Waals surface area contributed by atoms with Gasteiger partial charge in [0.05, 0.1) is 5.69 Å². The van der Waals surface area contributed by atoms with Crippen molar-refractivity contribution in [2.24, 2.45) is 0 Å². The van der Waals surface area contributed by atoms with Crippen LogP contribution in [-0.4, -0.2) is 4.98 Å². The van der Waals surface area contributed by atoms with Gasteiger partial charge in [-0.1, -0.05) is 31.5 Å². The molecule has 0 unspecified atom stereocenters. The third kappa shape index (κ3) is 1.50. The second kappa shape index (κ2) is 3.79. The first-order valence-electron chi connectivity index (χ1n) is 5.16. The molecule has 14 heavy (non-hydrogen) atoms. The molecule has 2 aliphatic rings. The summed E-state index contributed by atoms with van der Waals surface area (Å²) in [6, 6.07) is 8.57. The fourth-order valence-electron chi connectivity index (χ4n) is 1.86. The van der Waals surface area contributed by atoms with E-state index in [1.54, 1.807) is 0 Å². The Kier molecular flexibility index (Phi) is 2.49. The molecule has 1 aliphatic heterocycles. The summed E-state index contributed by atoms with van der Waals surface area (Å²) in [6.07, 6.45) is 4.18. The highest BCUT2D eigenvalue weighted by Gasteiger charge is 2.09. The van der Waals surface area contributed by atoms with Crippen molar-refractivity contribution in [2.45, 2.75) is 26.7 Å². The Hall–Kier alpha value is -1.37. The van der Waals surface area contributed by atoms with Gasteiger partial charge in [0.15, 0.2) is 0 Å². The van der Waals surface area contributed by atoms with Crippen LogP contribution in [0.1, 0.15) is 24.5 Å². The standard InChI is InChI=1S/C13H15N/c1-3-5-11-7-4-6-10(2)12-8-9-14-13(11)12/h4,6-9H,3,5H2,1-2H3. The second-order valence-corrected chi connectivity index (χ2v) is 3.69. The van der Waals surface area contributed by atoms with E-state index in [2.05, 4.69) is 43.1 Å². The Morgan fingerprint density at radius 3 is 2.86 bits per heavy atom. The molecule has 0 N–H and O–H groups in total. The van der Waals surface area contributed by atoms with Crippen molar-refractivity contribution < 1.29 is 0 Å². The van der Waals surface area contributed by atoms with Crippen LogP contribution in [0.5, 0.6) is 0 Å². The van der Waals surface area contributed by atoms with Crippen LogP contribution in [0.3, 0.4) is 0 Å². The van der Waals surface area contributed by atoms with Gasteiger partial charge in [-0.25, -0.2) is 0 Å². The van der Waals surface area contributed by atoms with Crippen LogP contribution in [0.15, 0.2) is 30.5 Å². The lowest BCUT2D eigenvalue weighted by Crippen LogP contribution is -1.86. The van der Waals surface area contributed by atoms with Gasteiger partial charge in [-0.3, -0.25) is 4.98 Å². The Balaban J connectivity index is 2.59. The normalized spacial score (nSPS) is 10.7. The summed E-state index contributed by atoms with van der Waals surface area (Å²) < 4.78 is 0. The average Bonchev–Trinajstić information content (AvgIpc) is 2.60. The molecule has 0 radical (unpaired) electrons. The lowest BCUT2D eigenvalue weighted by Gasteiger charge is -2.01. The molecule has 0 saturated carbocycles. The van der Waals surface area contributed by atoms with E-state index in [1.807, 2.05) is 6.20 Å². The molecule has 72 valence electrons. The Morgan fingerprint density at radius 1 is 1.21 bits per heavy atom. The topological polar surface area (TPSA) is 12.9 Å². The van der Waals surface area contributed by atoms with E-state index in [-0.39, 0.29) is 0 Å². The molecule has 0 bridgehead atoms. The molecule has 0 aromatic carbocycles. The smallest absolute Gasteiger partial charge is 0.0737 e. The van der Waals surface area contributed by atoms with Gasteiger partial charge >= 0.3 is 0 Å². The summed E-state index contributed by atoms with van der Waals surface area (Å²) >= 11 is 0. The second-order valence-electron chi connectivity index (χ2n) is 3.69. The molecule has 1 aliphatic carbocycles. The number of hydrogen-bond acceptors (Lipinski definition) is 1. The van der Waals surface area contributed by atoms with Crippen molar-refractivity contribution in [1.82, 2.24) is 4.98 Å². The number of fused-ring (bicyclic) bond motifs is 1. The molecule has 0 atom stereocenters. The van der Waals surface area contributed by atoms with Gasteiger partial charge < -0.3 is 0 Å². The quantitative estimate of drug-likeness (QED) is 0.698. The zero-order valence-electron chi connectivity index (χ0n) is 8.75. The highest BCUT2D eigenvalue weighted by atomic mass is 14.7. The van der Waals surface area contributed by atoms with E-state index in [4.69, 9.17) is 0 Å². The van der Waals surface area contributed by atoms with Crippen molar-refractivity contribution in [2.75, 3.05) is 0 Å². The summed E-state index contributed by atoms with van der Waals surface area (Å²) in [5.74, 6) is 0. The van der Waals surface area contributed by atoms with Gasteiger partial charge in [0.1, 0.15) is 0 Å². The lowest BCUT2D eigenvalue weighted by atomic mass is 10.0. The highest BCUT2D eigenvalue weighted by molar-refractivity contribution is 5.67. The first-order valence-corrected chi connectivity index (χ1v) is 5.16. The summed E-state index contributed by atoms with van der Waals surface area (Å²) in [5, 5.41) is 0. The maximum atomic E-state index is 4.44. The minimum atomic E-state index is 1.11. The molecule has 1 heterocycles. The largest absolute Gasteiger partial charge is 0.256 e. The molecule has 0 spiro atoms. The molecular weight excluding hydrogens is 170 g/mol. The number of rotatable bonds is 2. The minimum Gasteiger partial charge on any atom is -0.256 e. The van der Waals surface area contributed by atoms with E-state index < -0.39 is 0 Å². The van der Waals surface area contributed by atoms with Crippen molar-refractivity contribution in [1.29, 1.82) is 0 Å². The summed E-state index contributed by atoms with van der Waals surface area (Å²) in [7, 11) is 0. The molecule has 0 aromatic heterocycles. The van der Waals surface area contributed by atoms with E-state index in [0.29, 0.717) is 0 Å². The van der Waals surface area contributed by atoms with Crippen LogP contribution in [0, 0.1) is 6.92 Å². The molecule has 0 amide bonds. The molecule has 2 rings (SSSR count). The number of aromatic nitrogens is 1. The zero-order valence-corrected chi connectivity index (χ0v) is 8.75. The third-order valence-electron chi connectivity index (χ3n) is 2.59. The van der Waals surface area contributed by atoms with E-state index >= 15 is 0 Å². The van der Waals surface area contributed by atoms with Crippen molar-refractivity contribution in [3.8, 4) is 11.3 Å². The fraction of sp³-hybridized carbons (Fsp3) is 0.308. The zero-order chi connectivity index (χ0) is 9.97. The van der Waals surface area contributed by atoms with E-state index in [9.17, 15) is 0 Å². The molecule has 0 aromatic rings. The molecule has 0 fully saturated rings. The average molecular weight is 185 g/mol. The summed E-state index contributed by atoms with van der Waals surface area (Å²) in [4.78, 5) is 4.44. The Labute approximate surface area is 85.1 Å². The van der Waals surface area contributed by atoms with Crippen LogP contribution >= 0.6 is 0 Å². The fourth-order valence-corrected chi connectivity index (χ4v) is 1.86. The highest BCUT2D eigenvalue weighted by Crippen LogP contribution is 2.26. The van der Waals surface area contributed by atoms with Gasteiger partial charge in [-0.15, -0.1) is 0 Å². The van der Waals surface area contributed by atoms with Gasteiger partial charge in [-0.2, -0.15) is 0 Å². The molecule has 1 heteroatoms. The summed E-state index contributed by atoms with van der Waals surface area (Å²) in [5.41, 5.74) is 5.13. The van der Waals surface area contributed by atoms with Gasteiger partial charge in [0.25, 0.3) is 0 Å². The van der Waals surface area contributed by atoms with Crippen molar-refractivity contribution >= 4 is 0 Å². The molecule has 1 nitrogen and oxygen atoms in total. The van der Waals surface area contributed by atoms with Crippen LogP contribution in [-0.2, 0) is 6.42 Å². The van der Waals surface area contributed by atoms with Gasteiger partial charge in [0, 0.05) is 11.8 Å². The SMILES string of the molecule is CCCc1cccc(C)c2ccnc1-2. The molecule has 0 saturated heterocycles. The Bertz CT molecular complexity index is 406. The third-order valence-corrected chi connectivity index (χ3v) is 2.59. The maximum absolute atomic E-state index is 4.44. The number of hydrogen-bond donors (Lipinski definition) is 0. The summed E-state index contributed by atoms with van der Waals surface area (Å²) in [6.45, 7) is 4.34. The molecular formula is C13H15N. The van der Waals surface area contributed by atoms with Crippen LogP contribution in [0.2, 0.25) is 0 Å². The van der Waals surface area contributed by atoms with Crippen molar-refractivity contribution in [3.05, 3.63) is 41.6 Å². The van der Waals surface area contributed by atoms with Crippen LogP contribution in [0.4, 0.5) is 0 Å². The van der Waals surface area contributed by atoms with Crippen molar-refractivity contribution in [3.63, 3.8) is 0 Å². The predicted molar refractivity (Wildman–Crippen MR) is 59.6 cm³/mol. The number of nitrogens with zero attached hydrogens (tertiary/aromatic N) is 1. The van der Waals surface area contributed by atoms with E-state index in [0.717, 1.165) is 6.42 Å². The first kappa shape index (κ1) is 9.20. The maximum Gasteiger partial charge on any atom is 0.0737 e. The number of aryl methyl sites for hydroxylation is 2. The predicted octanol–water partition coefficient (Wildman–Crippen LogP) is 3.45. The minimum absolute atomic E-state index is 1.11. The van der Waals surface area contributed by atoms with Crippen LogP contribution < -0.4 is 0 Å². The first-order chi connectivity index (χ1) is 6.83. The lowest BCUT2D eigenvalue weighted by molar-refractivity contribution is 0.921. The van der Waals surface area contributed by atoms with Gasteiger partial charge in [-0.05, 0) is 30.5 Å². The van der Waals surface area contributed by atoms with E-state index in [1.165, 1.54) is 28.8 Å². The van der Waals surface area contributed by atoms with Crippen LogP contribution in [0.25, 0.3) is 11.3 Å².